The van der Waals surface area contributed by atoms with Gasteiger partial charge in [0, 0.05) is 17.4 Å². The van der Waals surface area contributed by atoms with Gasteiger partial charge in [0.05, 0.1) is 4.47 Å². The molecule has 2 aromatic rings. The van der Waals surface area contributed by atoms with Crippen LogP contribution in [0.15, 0.2) is 41.5 Å². The number of nitrogens with zero attached hydrogens (tertiary/aromatic N) is 2. The summed E-state index contributed by atoms with van der Waals surface area (Å²) in [4.78, 5) is 8.26. The Hall–Kier alpha value is -1.92. The van der Waals surface area contributed by atoms with Crippen LogP contribution in [0.2, 0.25) is 0 Å². The molecule has 0 aliphatic rings. The molecule has 0 bridgehead atoms. The topological polar surface area (TPSA) is 75.9 Å². The summed E-state index contributed by atoms with van der Waals surface area (Å²) in [6, 6.07) is 7.89. The number of halogens is 1. The fraction of sp³-hybridized carbons (Fsp3) is 0.0769. The number of hydrazine groups is 1. The van der Waals surface area contributed by atoms with Crippen LogP contribution in [0.5, 0.6) is 0 Å². The molecule has 1 aromatic heterocycles. The molecule has 0 aliphatic heterocycles. The Morgan fingerprint density at radius 2 is 2.11 bits per heavy atom. The minimum atomic E-state index is 0.346. The molecule has 98 valence electrons. The fourth-order valence-corrected chi connectivity index (χ4v) is 1.91. The summed E-state index contributed by atoms with van der Waals surface area (Å²) < 4.78 is 0.753. The summed E-state index contributed by atoms with van der Waals surface area (Å²) in [6.07, 6.45) is 1.63. The molecule has 1 heterocycles. The van der Waals surface area contributed by atoms with Crippen molar-refractivity contribution in [3.8, 4) is 0 Å². The number of benzene rings is 1. The van der Waals surface area contributed by atoms with Gasteiger partial charge >= 0.3 is 0 Å². The quantitative estimate of drug-likeness (QED) is 0.595. The highest BCUT2D eigenvalue weighted by Crippen LogP contribution is 2.28. The zero-order valence-corrected chi connectivity index (χ0v) is 12.0. The predicted octanol–water partition coefficient (Wildman–Crippen LogP) is 3.30. The van der Waals surface area contributed by atoms with E-state index in [0.717, 1.165) is 21.3 Å². The molecule has 4 N–H and O–H groups in total. The standard InChI is InChI=1S/C13H14BrN5/c1-8(2)9-5-3-4-6-11(9)17-12-10(14)7-16-13(18-12)19-15/h3-7H,1,15H2,2H3,(H2,16,17,18,19). The minimum Gasteiger partial charge on any atom is -0.339 e. The first-order valence-electron chi connectivity index (χ1n) is 5.63. The van der Waals surface area contributed by atoms with Crippen molar-refractivity contribution in [3.63, 3.8) is 0 Å². The molecule has 0 spiro atoms. The maximum atomic E-state index is 5.31. The van der Waals surface area contributed by atoms with E-state index in [2.05, 4.69) is 43.2 Å². The summed E-state index contributed by atoms with van der Waals surface area (Å²) in [5.41, 5.74) is 5.36. The lowest BCUT2D eigenvalue weighted by atomic mass is 10.1. The molecule has 0 radical (unpaired) electrons. The molecule has 5 nitrogen and oxygen atoms in total. The van der Waals surface area contributed by atoms with E-state index >= 15 is 0 Å². The third-order valence-electron chi connectivity index (χ3n) is 2.51. The summed E-state index contributed by atoms with van der Waals surface area (Å²) >= 11 is 3.40. The summed E-state index contributed by atoms with van der Waals surface area (Å²) in [5, 5.41) is 3.24. The van der Waals surface area contributed by atoms with Crippen LogP contribution >= 0.6 is 15.9 Å². The van der Waals surface area contributed by atoms with Crippen LogP contribution < -0.4 is 16.6 Å². The van der Waals surface area contributed by atoms with Crippen molar-refractivity contribution in [2.75, 3.05) is 10.7 Å². The molecule has 2 rings (SSSR count). The normalized spacial score (nSPS) is 10.1. The van der Waals surface area contributed by atoms with Crippen LogP contribution in [0.25, 0.3) is 5.57 Å². The van der Waals surface area contributed by atoms with Crippen molar-refractivity contribution in [2.24, 2.45) is 5.84 Å². The first kappa shape index (κ1) is 13.5. The van der Waals surface area contributed by atoms with Crippen molar-refractivity contribution in [2.45, 2.75) is 6.92 Å². The molecule has 0 saturated heterocycles. The van der Waals surface area contributed by atoms with Crippen molar-refractivity contribution < 1.29 is 0 Å². The largest absolute Gasteiger partial charge is 0.339 e. The van der Waals surface area contributed by atoms with Gasteiger partial charge in [-0.15, -0.1) is 0 Å². The zero-order valence-electron chi connectivity index (χ0n) is 10.4. The van der Waals surface area contributed by atoms with Gasteiger partial charge in [0.25, 0.3) is 0 Å². The number of allylic oxidation sites excluding steroid dienone is 1. The summed E-state index contributed by atoms with van der Waals surface area (Å²) in [5.74, 6) is 6.29. The average Bonchev–Trinajstić information content (AvgIpc) is 2.41. The number of anilines is 3. The minimum absolute atomic E-state index is 0.346. The number of aromatic nitrogens is 2. The SMILES string of the molecule is C=C(C)c1ccccc1Nc1nc(NN)ncc1Br. The maximum absolute atomic E-state index is 5.31. The predicted molar refractivity (Wildman–Crippen MR) is 82.0 cm³/mol. The van der Waals surface area contributed by atoms with Crippen LogP contribution in [0.1, 0.15) is 12.5 Å². The highest BCUT2D eigenvalue weighted by atomic mass is 79.9. The lowest BCUT2D eigenvalue weighted by Gasteiger charge is -2.12. The zero-order chi connectivity index (χ0) is 13.8. The van der Waals surface area contributed by atoms with E-state index in [1.54, 1.807) is 6.20 Å². The van der Waals surface area contributed by atoms with Crippen LogP contribution in [-0.2, 0) is 0 Å². The smallest absolute Gasteiger partial charge is 0.239 e. The molecule has 6 heteroatoms. The fourth-order valence-electron chi connectivity index (χ4n) is 1.62. The molecule has 0 saturated carbocycles. The summed E-state index contributed by atoms with van der Waals surface area (Å²) in [6.45, 7) is 5.93. The van der Waals surface area contributed by atoms with Gasteiger partial charge in [0.15, 0.2) is 0 Å². The number of nitrogens with two attached hydrogens (primary N) is 1. The van der Waals surface area contributed by atoms with E-state index in [0.29, 0.717) is 11.8 Å². The Labute approximate surface area is 120 Å². The van der Waals surface area contributed by atoms with Gasteiger partial charge in [-0.3, -0.25) is 5.43 Å². The molecule has 19 heavy (non-hydrogen) atoms. The molecule has 1 aromatic carbocycles. The third-order valence-corrected chi connectivity index (χ3v) is 3.09. The lowest BCUT2D eigenvalue weighted by molar-refractivity contribution is 1.11. The van der Waals surface area contributed by atoms with Gasteiger partial charge in [0.1, 0.15) is 5.82 Å². The second kappa shape index (κ2) is 5.81. The number of nitrogens with one attached hydrogen (secondary N) is 2. The van der Waals surface area contributed by atoms with E-state index in [1.165, 1.54) is 0 Å². The Kier molecular flexibility index (Phi) is 4.13. The number of para-hydroxylation sites is 1. The number of hydrogen-bond donors (Lipinski definition) is 3. The summed E-state index contributed by atoms with van der Waals surface area (Å²) in [7, 11) is 0. The maximum Gasteiger partial charge on any atom is 0.239 e. The van der Waals surface area contributed by atoms with Gasteiger partial charge in [-0.1, -0.05) is 24.8 Å². The van der Waals surface area contributed by atoms with Crippen LogP contribution in [0.4, 0.5) is 17.5 Å². The molecular weight excluding hydrogens is 306 g/mol. The highest BCUT2D eigenvalue weighted by Gasteiger charge is 2.08. The van der Waals surface area contributed by atoms with Gasteiger partial charge < -0.3 is 5.32 Å². The van der Waals surface area contributed by atoms with Crippen molar-refractivity contribution in [1.29, 1.82) is 0 Å². The van der Waals surface area contributed by atoms with Gasteiger partial charge in [-0.2, -0.15) is 4.98 Å². The highest BCUT2D eigenvalue weighted by molar-refractivity contribution is 9.10. The Balaban J connectivity index is 2.38. The third kappa shape index (κ3) is 3.10. The van der Waals surface area contributed by atoms with E-state index in [-0.39, 0.29) is 0 Å². The number of nitrogen functional groups attached to an aromatic ring is 1. The Morgan fingerprint density at radius 1 is 1.37 bits per heavy atom. The second-order valence-electron chi connectivity index (χ2n) is 3.99. The Bertz CT molecular complexity index is 612. The average molecular weight is 320 g/mol. The van der Waals surface area contributed by atoms with E-state index in [4.69, 9.17) is 5.84 Å². The molecule has 0 aliphatic carbocycles. The van der Waals surface area contributed by atoms with E-state index < -0.39 is 0 Å². The van der Waals surface area contributed by atoms with Crippen molar-refractivity contribution in [3.05, 3.63) is 47.1 Å². The van der Waals surface area contributed by atoms with Gasteiger partial charge in [-0.05, 0) is 34.5 Å². The monoisotopic (exact) mass is 319 g/mol. The number of rotatable bonds is 4. The van der Waals surface area contributed by atoms with Crippen molar-refractivity contribution >= 4 is 39.0 Å². The molecule has 0 atom stereocenters. The van der Waals surface area contributed by atoms with Crippen LogP contribution in [0, 0.1) is 0 Å². The first-order valence-corrected chi connectivity index (χ1v) is 6.42. The molecule has 0 unspecified atom stereocenters. The Morgan fingerprint density at radius 3 is 2.79 bits per heavy atom. The van der Waals surface area contributed by atoms with E-state index in [1.807, 2.05) is 31.2 Å². The second-order valence-corrected chi connectivity index (χ2v) is 4.84. The van der Waals surface area contributed by atoms with Crippen LogP contribution in [0.3, 0.4) is 0 Å². The lowest BCUT2D eigenvalue weighted by Crippen LogP contribution is -2.11. The van der Waals surface area contributed by atoms with Crippen LogP contribution in [-0.4, -0.2) is 9.97 Å². The van der Waals surface area contributed by atoms with Gasteiger partial charge in [0.2, 0.25) is 5.95 Å². The molecule has 0 fully saturated rings. The molecular formula is C13H14BrN5. The first-order chi connectivity index (χ1) is 9.11. The van der Waals surface area contributed by atoms with Crippen molar-refractivity contribution in [1.82, 2.24) is 9.97 Å². The van der Waals surface area contributed by atoms with E-state index in [9.17, 15) is 0 Å². The molecule has 0 amide bonds. The van der Waals surface area contributed by atoms with Gasteiger partial charge in [-0.25, -0.2) is 10.8 Å². The number of hydrogen-bond acceptors (Lipinski definition) is 5.